The molecule has 1 aliphatic heterocycles. The smallest absolute Gasteiger partial charge is 0.306 e. The van der Waals surface area contributed by atoms with Crippen molar-refractivity contribution in [2.45, 2.75) is 51.6 Å². The van der Waals surface area contributed by atoms with Gasteiger partial charge in [0, 0.05) is 6.42 Å². The maximum Gasteiger partial charge on any atom is 0.306 e. The Bertz CT molecular complexity index is 208. The van der Waals surface area contributed by atoms with E-state index in [2.05, 4.69) is 19.1 Å². The molecule has 1 saturated heterocycles. The molecule has 2 nitrogen and oxygen atoms in total. The van der Waals surface area contributed by atoms with E-state index in [9.17, 15) is 4.79 Å². The average Bonchev–Trinajstić information content (AvgIpc) is 2.41. The molecule has 0 spiro atoms. The first-order chi connectivity index (χ1) is 6.16. The molecular formula is C11H18O2. The van der Waals surface area contributed by atoms with E-state index in [1.54, 1.807) is 0 Å². The highest BCUT2D eigenvalue weighted by molar-refractivity contribution is 5.72. The number of cyclic esters (lactones) is 1. The first-order valence-electron chi connectivity index (χ1n) is 5.03. The van der Waals surface area contributed by atoms with Crippen molar-refractivity contribution in [3.63, 3.8) is 0 Å². The second-order valence-electron chi connectivity index (χ2n) is 3.84. The van der Waals surface area contributed by atoms with Crippen LogP contribution in [0.1, 0.15) is 46.0 Å². The molecule has 1 aliphatic rings. The van der Waals surface area contributed by atoms with Crippen LogP contribution in [0.2, 0.25) is 0 Å². The fourth-order valence-electron chi connectivity index (χ4n) is 1.59. The number of carbonyl (C=O) groups is 1. The van der Waals surface area contributed by atoms with Gasteiger partial charge >= 0.3 is 5.97 Å². The Morgan fingerprint density at radius 2 is 2.31 bits per heavy atom. The van der Waals surface area contributed by atoms with Gasteiger partial charge in [-0.1, -0.05) is 19.1 Å². The molecule has 13 heavy (non-hydrogen) atoms. The maximum atomic E-state index is 10.9. The summed E-state index contributed by atoms with van der Waals surface area (Å²) in [5.74, 6) is -0.0398. The fourth-order valence-corrected chi connectivity index (χ4v) is 1.59. The lowest BCUT2D eigenvalue weighted by Crippen LogP contribution is -2.23. The zero-order valence-electron chi connectivity index (χ0n) is 8.51. The van der Waals surface area contributed by atoms with Gasteiger partial charge in [0.1, 0.15) is 5.60 Å². The summed E-state index contributed by atoms with van der Waals surface area (Å²) in [4.78, 5) is 10.9. The number of esters is 1. The highest BCUT2D eigenvalue weighted by atomic mass is 16.6. The van der Waals surface area contributed by atoms with Crippen LogP contribution in [0.25, 0.3) is 0 Å². The molecule has 1 atom stereocenters. The van der Waals surface area contributed by atoms with E-state index >= 15 is 0 Å². The number of hydrogen-bond donors (Lipinski definition) is 0. The second-order valence-corrected chi connectivity index (χ2v) is 3.84. The SMILES string of the molecule is CC/C=C/CCC1(C)CCC(=O)O1. The van der Waals surface area contributed by atoms with Gasteiger partial charge in [-0.3, -0.25) is 4.79 Å². The van der Waals surface area contributed by atoms with Crippen LogP contribution in [-0.2, 0) is 9.53 Å². The summed E-state index contributed by atoms with van der Waals surface area (Å²) in [6.07, 6.45) is 8.83. The summed E-state index contributed by atoms with van der Waals surface area (Å²) in [6, 6.07) is 0. The number of allylic oxidation sites excluding steroid dienone is 2. The van der Waals surface area contributed by atoms with E-state index in [4.69, 9.17) is 4.74 Å². The van der Waals surface area contributed by atoms with E-state index < -0.39 is 0 Å². The second kappa shape index (κ2) is 4.45. The first kappa shape index (κ1) is 10.3. The molecule has 2 heteroatoms. The molecule has 1 heterocycles. The molecule has 0 N–H and O–H groups in total. The predicted molar refractivity (Wildman–Crippen MR) is 52.4 cm³/mol. The van der Waals surface area contributed by atoms with Crippen molar-refractivity contribution in [3.8, 4) is 0 Å². The molecule has 0 saturated carbocycles. The summed E-state index contributed by atoms with van der Waals surface area (Å²) in [5.41, 5.74) is -0.185. The fraction of sp³-hybridized carbons (Fsp3) is 0.727. The van der Waals surface area contributed by atoms with Crippen molar-refractivity contribution in [1.29, 1.82) is 0 Å². The lowest BCUT2D eigenvalue weighted by Gasteiger charge is -2.21. The normalized spacial score (nSPS) is 28.3. The minimum atomic E-state index is -0.185. The van der Waals surface area contributed by atoms with E-state index in [0.717, 1.165) is 25.7 Å². The van der Waals surface area contributed by atoms with E-state index in [1.165, 1.54) is 0 Å². The van der Waals surface area contributed by atoms with Crippen LogP contribution in [-0.4, -0.2) is 11.6 Å². The summed E-state index contributed by atoms with van der Waals surface area (Å²) in [5, 5.41) is 0. The van der Waals surface area contributed by atoms with Gasteiger partial charge in [-0.25, -0.2) is 0 Å². The van der Waals surface area contributed by atoms with Crippen molar-refractivity contribution >= 4 is 5.97 Å². The summed E-state index contributed by atoms with van der Waals surface area (Å²) >= 11 is 0. The zero-order chi connectivity index (χ0) is 9.73. The lowest BCUT2D eigenvalue weighted by atomic mass is 9.96. The van der Waals surface area contributed by atoms with Crippen LogP contribution in [0, 0.1) is 0 Å². The molecule has 1 unspecified atom stereocenters. The Morgan fingerprint density at radius 3 is 2.85 bits per heavy atom. The molecular weight excluding hydrogens is 164 g/mol. The zero-order valence-corrected chi connectivity index (χ0v) is 8.51. The molecule has 1 fully saturated rings. The third kappa shape index (κ3) is 3.21. The molecule has 0 aromatic heterocycles. The third-order valence-electron chi connectivity index (χ3n) is 2.46. The van der Waals surface area contributed by atoms with Gasteiger partial charge in [0.15, 0.2) is 0 Å². The quantitative estimate of drug-likeness (QED) is 0.493. The van der Waals surface area contributed by atoms with Crippen LogP contribution in [0.3, 0.4) is 0 Å². The van der Waals surface area contributed by atoms with Gasteiger partial charge < -0.3 is 4.74 Å². The largest absolute Gasteiger partial charge is 0.459 e. The summed E-state index contributed by atoms with van der Waals surface area (Å²) < 4.78 is 5.26. The van der Waals surface area contributed by atoms with E-state index in [1.807, 2.05) is 6.92 Å². The van der Waals surface area contributed by atoms with Gasteiger partial charge in [-0.15, -0.1) is 0 Å². The number of rotatable bonds is 4. The Kier molecular flexibility index (Phi) is 3.52. The van der Waals surface area contributed by atoms with E-state index in [-0.39, 0.29) is 11.6 Å². The Balaban J connectivity index is 2.27. The van der Waals surface area contributed by atoms with Crippen LogP contribution in [0.4, 0.5) is 0 Å². The monoisotopic (exact) mass is 182 g/mol. The minimum absolute atomic E-state index is 0.0398. The van der Waals surface area contributed by atoms with Crippen LogP contribution >= 0.6 is 0 Å². The van der Waals surface area contributed by atoms with Crippen molar-refractivity contribution in [2.75, 3.05) is 0 Å². The number of hydrogen-bond acceptors (Lipinski definition) is 2. The van der Waals surface area contributed by atoms with Crippen molar-refractivity contribution < 1.29 is 9.53 Å². The van der Waals surface area contributed by atoms with Crippen LogP contribution in [0.15, 0.2) is 12.2 Å². The molecule has 0 radical (unpaired) electrons. The van der Waals surface area contributed by atoms with Gasteiger partial charge in [0.25, 0.3) is 0 Å². The topological polar surface area (TPSA) is 26.3 Å². The average molecular weight is 182 g/mol. The van der Waals surface area contributed by atoms with Gasteiger partial charge in [0.05, 0.1) is 0 Å². The minimum Gasteiger partial charge on any atom is -0.459 e. The summed E-state index contributed by atoms with van der Waals surface area (Å²) in [7, 11) is 0. The number of carbonyl (C=O) groups excluding carboxylic acids is 1. The van der Waals surface area contributed by atoms with Crippen LogP contribution < -0.4 is 0 Å². The Labute approximate surface area is 80.0 Å². The number of ether oxygens (including phenoxy) is 1. The van der Waals surface area contributed by atoms with Crippen molar-refractivity contribution in [3.05, 3.63) is 12.2 Å². The molecule has 0 amide bonds. The maximum absolute atomic E-state index is 10.9. The highest BCUT2D eigenvalue weighted by Crippen LogP contribution is 2.30. The molecule has 0 aromatic rings. The molecule has 0 aliphatic carbocycles. The summed E-state index contributed by atoms with van der Waals surface area (Å²) in [6.45, 7) is 4.14. The highest BCUT2D eigenvalue weighted by Gasteiger charge is 2.34. The molecule has 1 rings (SSSR count). The van der Waals surface area contributed by atoms with E-state index in [0.29, 0.717) is 6.42 Å². The Hall–Kier alpha value is -0.790. The standard InChI is InChI=1S/C11H18O2/c1-3-4-5-6-8-11(2)9-7-10(12)13-11/h4-5H,3,6-9H2,1-2H3/b5-4+. The van der Waals surface area contributed by atoms with Gasteiger partial charge in [0.2, 0.25) is 0 Å². The van der Waals surface area contributed by atoms with Crippen molar-refractivity contribution in [1.82, 2.24) is 0 Å². The van der Waals surface area contributed by atoms with Crippen LogP contribution in [0.5, 0.6) is 0 Å². The van der Waals surface area contributed by atoms with Gasteiger partial charge in [-0.2, -0.15) is 0 Å². The molecule has 74 valence electrons. The molecule has 0 aromatic carbocycles. The Morgan fingerprint density at radius 1 is 1.54 bits per heavy atom. The van der Waals surface area contributed by atoms with Crippen molar-refractivity contribution in [2.24, 2.45) is 0 Å². The predicted octanol–water partition coefficient (Wildman–Crippen LogP) is 2.83. The first-order valence-corrected chi connectivity index (χ1v) is 5.03. The lowest BCUT2D eigenvalue weighted by molar-refractivity contribution is -0.147. The third-order valence-corrected chi connectivity index (χ3v) is 2.46. The van der Waals surface area contributed by atoms with Gasteiger partial charge in [-0.05, 0) is 32.6 Å². The molecule has 0 bridgehead atoms.